The van der Waals surface area contributed by atoms with Crippen molar-refractivity contribution in [2.75, 3.05) is 7.05 Å². The third-order valence-corrected chi connectivity index (χ3v) is 8.22. The van der Waals surface area contributed by atoms with E-state index in [0.29, 0.717) is 24.2 Å². The second-order valence-electron chi connectivity index (χ2n) is 10.1. The Bertz CT molecular complexity index is 889. The van der Waals surface area contributed by atoms with Crippen molar-refractivity contribution in [1.82, 2.24) is 4.90 Å². The van der Waals surface area contributed by atoms with Crippen molar-refractivity contribution in [2.24, 2.45) is 29.6 Å². The molecule has 2 fully saturated rings. The minimum Gasteiger partial charge on any atom is -0.507 e. The molecule has 182 valence electrons. The average molecular weight is 460 g/mol. The number of aliphatic hydroxyl groups excluding tert-OH is 1. The van der Waals surface area contributed by atoms with E-state index in [2.05, 4.69) is 19.1 Å². The van der Waals surface area contributed by atoms with Crippen molar-refractivity contribution in [3.05, 3.63) is 35.6 Å². The van der Waals surface area contributed by atoms with Crippen LogP contribution in [0.3, 0.4) is 0 Å². The molecule has 7 nitrogen and oxygen atoms in total. The number of hydrogen-bond donors (Lipinski definition) is 3. The zero-order valence-corrected chi connectivity index (χ0v) is 20.0. The van der Waals surface area contributed by atoms with Crippen molar-refractivity contribution >= 4 is 17.7 Å². The fourth-order valence-electron chi connectivity index (χ4n) is 5.71. The number of carboxylic acid groups (broad SMARTS) is 1. The van der Waals surface area contributed by atoms with Crippen molar-refractivity contribution < 1.29 is 29.7 Å². The maximum Gasteiger partial charge on any atom is 0.336 e. The van der Waals surface area contributed by atoms with Gasteiger partial charge in [-0.25, -0.2) is 4.79 Å². The fourth-order valence-corrected chi connectivity index (χ4v) is 5.71. The molecule has 7 atom stereocenters. The first-order valence-corrected chi connectivity index (χ1v) is 12.1. The van der Waals surface area contributed by atoms with Crippen LogP contribution in [0.4, 0.5) is 0 Å². The van der Waals surface area contributed by atoms with Gasteiger partial charge in [-0.2, -0.15) is 0 Å². The van der Waals surface area contributed by atoms with E-state index in [0.717, 1.165) is 17.7 Å². The molecule has 3 unspecified atom stereocenters. The lowest BCUT2D eigenvalue weighted by Crippen LogP contribution is -2.50. The van der Waals surface area contributed by atoms with Gasteiger partial charge in [0.05, 0.1) is 6.04 Å². The highest BCUT2D eigenvalue weighted by Gasteiger charge is 2.51. The monoisotopic (exact) mass is 459 g/mol. The third-order valence-electron chi connectivity index (χ3n) is 8.22. The van der Waals surface area contributed by atoms with Crippen LogP contribution in [-0.2, 0) is 14.4 Å². The number of aliphatic hydroxyl groups is 2. The van der Waals surface area contributed by atoms with Gasteiger partial charge in [0.2, 0.25) is 0 Å². The standard InChI is InChI=1S/C26H37NO6/c1-5-16(3)26(33,25(31)32)14-20-23(29)22(24(30)27(20)4)21(28)13-12-18-15(2)10-11-17-8-6-7-9-19(17)18/h10-13,15-20,28,33H,5-9,14H2,1-4H3,(H,31,32)/b13-12+,22-21+/t15-,16?,17+,18-,19-,20?,26?/m0/s1. The molecule has 0 aromatic heterocycles. The number of likely N-dealkylation sites (tertiary alicyclic amines) is 1. The average Bonchev–Trinajstić information content (AvgIpc) is 3.00. The predicted molar refractivity (Wildman–Crippen MR) is 124 cm³/mol. The van der Waals surface area contributed by atoms with Gasteiger partial charge in [0, 0.05) is 13.5 Å². The van der Waals surface area contributed by atoms with Gasteiger partial charge >= 0.3 is 5.97 Å². The summed E-state index contributed by atoms with van der Waals surface area (Å²) < 4.78 is 0. The molecule has 3 N–H and O–H groups in total. The van der Waals surface area contributed by atoms with Crippen LogP contribution in [0, 0.1) is 29.6 Å². The quantitative estimate of drug-likeness (QED) is 0.232. The molecule has 0 aromatic carbocycles. The van der Waals surface area contributed by atoms with Gasteiger partial charge in [-0.1, -0.05) is 58.3 Å². The van der Waals surface area contributed by atoms with Gasteiger partial charge in [-0.05, 0) is 48.5 Å². The summed E-state index contributed by atoms with van der Waals surface area (Å²) in [6.07, 6.45) is 12.6. The molecular weight excluding hydrogens is 422 g/mol. The molecule has 1 saturated heterocycles. The van der Waals surface area contributed by atoms with Crippen molar-refractivity contribution in [1.29, 1.82) is 0 Å². The topological polar surface area (TPSA) is 115 Å². The number of Topliss-reactive ketones (excluding diaryl/α,β-unsaturated/α-hetero) is 1. The molecule has 0 bridgehead atoms. The van der Waals surface area contributed by atoms with Crippen LogP contribution in [-0.4, -0.2) is 56.6 Å². The summed E-state index contributed by atoms with van der Waals surface area (Å²) in [7, 11) is 1.40. The molecular formula is C26H37NO6. The fraction of sp³-hybridized carbons (Fsp3) is 0.654. The Hall–Kier alpha value is -2.41. The van der Waals surface area contributed by atoms with E-state index in [1.807, 2.05) is 6.08 Å². The molecule has 1 heterocycles. The number of carbonyl (C=O) groups excluding carboxylic acids is 2. The lowest BCUT2D eigenvalue weighted by Gasteiger charge is -2.40. The smallest absolute Gasteiger partial charge is 0.336 e. The zero-order valence-electron chi connectivity index (χ0n) is 20.0. The van der Waals surface area contributed by atoms with Gasteiger partial charge in [-0.15, -0.1) is 0 Å². The summed E-state index contributed by atoms with van der Waals surface area (Å²) in [5.41, 5.74) is -2.49. The Labute approximate surface area is 195 Å². The van der Waals surface area contributed by atoms with E-state index in [-0.39, 0.29) is 11.5 Å². The second kappa shape index (κ2) is 9.84. The summed E-state index contributed by atoms with van der Waals surface area (Å²) in [4.78, 5) is 38.8. The van der Waals surface area contributed by atoms with Gasteiger partial charge in [0.15, 0.2) is 11.4 Å². The first kappa shape index (κ1) is 25.2. The Kier molecular flexibility index (Phi) is 7.52. The minimum absolute atomic E-state index is 0.214. The molecule has 1 amide bonds. The van der Waals surface area contributed by atoms with Crippen molar-refractivity contribution in [3.63, 3.8) is 0 Å². The zero-order chi connectivity index (χ0) is 24.5. The molecule has 1 saturated carbocycles. The molecule has 0 spiro atoms. The molecule has 1 aliphatic heterocycles. The van der Waals surface area contributed by atoms with Crippen LogP contribution in [0.2, 0.25) is 0 Å². The highest BCUT2D eigenvalue weighted by Crippen LogP contribution is 2.43. The van der Waals surface area contributed by atoms with E-state index >= 15 is 0 Å². The maximum absolute atomic E-state index is 13.1. The highest BCUT2D eigenvalue weighted by molar-refractivity contribution is 6.27. The largest absolute Gasteiger partial charge is 0.507 e. The van der Waals surface area contributed by atoms with Gasteiger partial charge < -0.3 is 20.2 Å². The number of carbonyl (C=O) groups is 3. The first-order chi connectivity index (χ1) is 15.5. The Morgan fingerprint density at radius 3 is 2.55 bits per heavy atom. The van der Waals surface area contributed by atoms with Crippen LogP contribution in [0.25, 0.3) is 0 Å². The Balaban J connectivity index is 1.85. The lowest BCUT2D eigenvalue weighted by atomic mass is 9.65. The summed E-state index contributed by atoms with van der Waals surface area (Å²) >= 11 is 0. The number of fused-ring (bicyclic) bond motifs is 1. The molecule has 0 aromatic rings. The van der Waals surface area contributed by atoms with E-state index < -0.39 is 47.4 Å². The van der Waals surface area contributed by atoms with Crippen LogP contribution >= 0.6 is 0 Å². The third kappa shape index (κ3) is 4.65. The van der Waals surface area contributed by atoms with Crippen LogP contribution in [0.15, 0.2) is 35.6 Å². The number of amides is 1. The number of hydrogen-bond acceptors (Lipinski definition) is 5. The molecule has 7 heteroatoms. The molecule has 33 heavy (non-hydrogen) atoms. The van der Waals surface area contributed by atoms with Crippen LogP contribution < -0.4 is 0 Å². The first-order valence-electron chi connectivity index (χ1n) is 12.1. The maximum atomic E-state index is 13.1. The number of carboxylic acids is 1. The number of likely N-dealkylation sites (N-methyl/N-ethyl adjacent to an activating group) is 1. The summed E-state index contributed by atoms with van der Waals surface area (Å²) in [5, 5.41) is 31.1. The molecule has 3 rings (SSSR count). The summed E-state index contributed by atoms with van der Waals surface area (Å²) in [5.74, 6) is -2.22. The minimum atomic E-state index is -2.15. The molecule has 2 aliphatic carbocycles. The SMILES string of the molecule is CCC(C)C(O)(CC1C(=O)/C(=C(O)/C=C/[C@@H]2[C@H]3CCCC[C@@H]3C=C[C@@H]2C)C(=O)N1C)C(=O)O. The number of rotatable bonds is 7. The van der Waals surface area contributed by atoms with E-state index in [1.165, 1.54) is 26.0 Å². The lowest BCUT2D eigenvalue weighted by molar-refractivity contribution is -0.167. The normalized spacial score (nSPS) is 34.3. The van der Waals surface area contributed by atoms with E-state index in [4.69, 9.17) is 0 Å². The van der Waals surface area contributed by atoms with Crippen molar-refractivity contribution in [3.8, 4) is 0 Å². The number of allylic oxidation sites excluding steroid dienone is 4. The predicted octanol–water partition coefficient (Wildman–Crippen LogP) is 3.64. The van der Waals surface area contributed by atoms with Crippen LogP contribution in [0.1, 0.15) is 59.3 Å². The summed E-state index contributed by atoms with van der Waals surface area (Å²) in [6.45, 7) is 5.49. The van der Waals surface area contributed by atoms with Gasteiger partial charge in [-0.3, -0.25) is 9.59 Å². The van der Waals surface area contributed by atoms with Gasteiger partial charge in [0.25, 0.3) is 5.91 Å². The number of ketones is 1. The number of aliphatic carboxylic acids is 1. The van der Waals surface area contributed by atoms with Gasteiger partial charge in [0.1, 0.15) is 11.3 Å². The molecule has 0 radical (unpaired) electrons. The van der Waals surface area contributed by atoms with E-state index in [1.54, 1.807) is 13.8 Å². The second-order valence-corrected chi connectivity index (χ2v) is 10.1. The highest BCUT2D eigenvalue weighted by atomic mass is 16.4. The van der Waals surface area contributed by atoms with E-state index in [9.17, 15) is 29.7 Å². The Morgan fingerprint density at radius 1 is 1.24 bits per heavy atom. The number of nitrogens with zero attached hydrogens (tertiary/aromatic N) is 1. The molecule has 3 aliphatic rings. The van der Waals surface area contributed by atoms with Crippen molar-refractivity contribution in [2.45, 2.75) is 70.9 Å². The Morgan fingerprint density at radius 2 is 1.91 bits per heavy atom. The summed E-state index contributed by atoms with van der Waals surface area (Å²) in [6, 6.07) is -1.14. The van der Waals surface area contributed by atoms with Crippen LogP contribution in [0.5, 0.6) is 0 Å².